The molecule has 4 N–H and O–H groups in total. The van der Waals surface area contributed by atoms with Crippen molar-refractivity contribution in [3.63, 3.8) is 0 Å². The first-order valence-corrected chi connectivity index (χ1v) is 10.4. The number of carbonyl (C=O) groups excluding carboxylic acids is 3. The number of rotatable bonds is 7. The highest BCUT2D eigenvalue weighted by Crippen LogP contribution is 2.34. The summed E-state index contributed by atoms with van der Waals surface area (Å²) in [5.74, 6) is -1.52. The molecule has 1 aliphatic rings. The van der Waals surface area contributed by atoms with E-state index in [9.17, 15) is 14.4 Å². The van der Waals surface area contributed by atoms with Gasteiger partial charge in [0.15, 0.2) is 0 Å². The predicted molar refractivity (Wildman–Crippen MR) is 112 cm³/mol. The van der Waals surface area contributed by atoms with Gasteiger partial charge in [0.05, 0.1) is 23.6 Å². The predicted octanol–water partition coefficient (Wildman–Crippen LogP) is 2.94. The van der Waals surface area contributed by atoms with Crippen molar-refractivity contribution >= 4 is 34.1 Å². The Balaban J connectivity index is 1.72. The Labute approximate surface area is 173 Å². The third-order valence-electron chi connectivity index (χ3n) is 4.98. The van der Waals surface area contributed by atoms with Crippen molar-refractivity contribution in [2.24, 2.45) is 5.73 Å². The molecule has 1 aromatic carbocycles. The second-order valence-electron chi connectivity index (χ2n) is 6.92. The molecule has 29 heavy (non-hydrogen) atoms. The number of fused-ring (bicyclic) bond motifs is 1. The van der Waals surface area contributed by atoms with Crippen molar-refractivity contribution in [3.8, 4) is 0 Å². The van der Waals surface area contributed by atoms with E-state index in [1.807, 2.05) is 12.1 Å². The van der Waals surface area contributed by atoms with Crippen LogP contribution in [0.25, 0.3) is 0 Å². The first-order valence-electron chi connectivity index (χ1n) is 9.63. The number of thiophene rings is 1. The molecular weight excluding hydrogens is 390 g/mol. The maximum atomic E-state index is 12.6. The van der Waals surface area contributed by atoms with Crippen LogP contribution in [0.1, 0.15) is 62.5 Å². The van der Waals surface area contributed by atoms with E-state index >= 15 is 0 Å². The standard InChI is InChI=1S/C21H25N3O4S/c1-3-28-21(27)17-12(2)18(19(22)26)29-20(17)24-16(25)11-23-15-10-6-8-13-7-4-5-9-14(13)15/h4-5,7,9,15,23H,3,6,8,10-11H2,1-2H3,(H2,22,26)(H,24,25)/t15-/m1/s1. The quantitative estimate of drug-likeness (QED) is 0.602. The third kappa shape index (κ3) is 4.65. The lowest BCUT2D eigenvalue weighted by Gasteiger charge is -2.26. The van der Waals surface area contributed by atoms with E-state index in [1.54, 1.807) is 13.8 Å². The van der Waals surface area contributed by atoms with Gasteiger partial charge in [-0.1, -0.05) is 24.3 Å². The van der Waals surface area contributed by atoms with Gasteiger partial charge in [-0.2, -0.15) is 0 Å². The summed E-state index contributed by atoms with van der Waals surface area (Å²) in [6.07, 6.45) is 3.07. The molecular formula is C21H25N3O4S. The molecule has 0 fully saturated rings. The summed E-state index contributed by atoms with van der Waals surface area (Å²) in [4.78, 5) is 36.8. The summed E-state index contributed by atoms with van der Waals surface area (Å²) < 4.78 is 5.07. The first kappa shape index (κ1) is 21.0. The number of nitrogens with one attached hydrogen (secondary N) is 2. The number of hydrogen-bond acceptors (Lipinski definition) is 6. The summed E-state index contributed by atoms with van der Waals surface area (Å²) in [5, 5.41) is 6.32. The molecule has 1 aromatic heterocycles. The number of nitrogens with two attached hydrogens (primary N) is 1. The van der Waals surface area contributed by atoms with E-state index in [-0.39, 0.29) is 40.5 Å². The van der Waals surface area contributed by atoms with Crippen molar-refractivity contribution in [1.29, 1.82) is 0 Å². The van der Waals surface area contributed by atoms with Crippen molar-refractivity contribution in [3.05, 3.63) is 51.4 Å². The maximum absolute atomic E-state index is 12.6. The third-order valence-corrected chi connectivity index (χ3v) is 6.20. The number of primary amides is 1. The fourth-order valence-electron chi connectivity index (χ4n) is 3.64. The molecule has 2 aromatic rings. The second kappa shape index (κ2) is 9.19. The van der Waals surface area contributed by atoms with Crippen molar-refractivity contribution in [2.45, 2.75) is 39.2 Å². The monoisotopic (exact) mass is 415 g/mol. The average Bonchev–Trinajstić information content (AvgIpc) is 3.02. The number of hydrogen-bond donors (Lipinski definition) is 3. The number of anilines is 1. The molecule has 0 spiro atoms. The summed E-state index contributed by atoms with van der Waals surface area (Å²) in [6.45, 7) is 3.59. The van der Waals surface area contributed by atoms with Gasteiger partial charge in [0.1, 0.15) is 5.00 Å². The SMILES string of the molecule is CCOC(=O)c1c(NC(=O)CN[C@@H]2CCCc3ccccc32)sc(C(N)=O)c1C. The molecule has 0 unspecified atom stereocenters. The van der Waals surface area contributed by atoms with Crippen LogP contribution in [0.4, 0.5) is 5.00 Å². The Hall–Kier alpha value is -2.71. The van der Waals surface area contributed by atoms with Gasteiger partial charge in [-0.3, -0.25) is 9.59 Å². The summed E-state index contributed by atoms with van der Waals surface area (Å²) in [6, 6.07) is 8.35. The van der Waals surface area contributed by atoms with E-state index in [0.717, 1.165) is 30.6 Å². The van der Waals surface area contributed by atoms with Crippen LogP contribution in [-0.2, 0) is 16.0 Å². The number of amides is 2. The van der Waals surface area contributed by atoms with Crippen LogP contribution in [0.15, 0.2) is 24.3 Å². The van der Waals surface area contributed by atoms with Crippen molar-refractivity contribution in [1.82, 2.24) is 5.32 Å². The second-order valence-corrected chi connectivity index (χ2v) is 7.94. The lowest BCUT2D eigenvalue weighted by Crippen LogP contribution is -2.33. The van der Waals surface area contributed by atoms with Gasteiger partial charge in [-0.25, -0.2) is 4.79 Å². The lowest BCUT2D eigenvalue weighted by molar-refractivity contribution is -0.115. The Morgan fingerprint density at radius 2 is 2.03 bits per heavy atom. The smallest absolute Gasteiger partial charge is 0.341 e. The molecule has 0 radical (unpaired) electrons. The van der Waals surface area contributed by atoms with E-state index in [2.05, 4.69) is 22.8 Å². The maximum Gasteiger partial charge on any atom is 0.341 e. The first-order chi connectivity index (χ1) is 13.9. The molecule has 1 aliphatic carbocycles. The van der Waals surface area contributed by atoms with E-state index in [1.165, 1.54) is 11.1 Å². The van der Waals surface area contributed by atoms with Gasteiger partial charge >= 0.3 is 5.97 Å². The molecule has 1 atom stereocenters. The molecule has 154 valence electrons. The molecule has 8 heteroatoms. The zero-order valence-electron chi connectivity index (χ0n) is 16.5. The van der Waals surface area contributed by atoms with Crippen LogP contribution in [-0.4, -0.2) is 30.9 Å². The zero-order valence-corrected chi connectivity index (χ0v) is 17.4. The fourth-order valence-corrected chi connectivity index (χ4v) is 4.70. The molecule has 7 nitrogen and oxygen atoms in total. The number of ether oxygens (including phenoxy) is 1. The van der Waals surface area contributed by atoms with E-state index in [4.69, 9.17) is 10.5 Å². The van der Waals surface area contributed by atoms with E-state index in [0.29, 0.717) is 5.56 Å². The van der Waals surface area contributed by atoms with Gasteiger partial charge < -0.3 is 21.1 Å². The Morgan fingerprint density at radius 1 is 1.28 bits per heavy atom. The normalized spacial score (nSPS) is 15.4. The number of carbonyl (C=O) groups is 3. The van der Waals surface area contributed by atoms with Gasteiger partial charge in [0.2, 0.25) is 5.91 Å². The highest BCUT2D eigenvalue weighted by molar-refractivity contribution is 7.18. The molecule has 3 rings (SSSR count). The topological polar surface area (TPSA) is 111 Å². The van der Waals surface area contributed by atoms with Crippen LogP contribution in [0.5, 0.6) is 0 Å². The zero-order chi connectivity index (χ0) is 21.0. The number of aryl methyl sites for hydroxylation is 1. The Bertz CT molecular complexity index is 938. The molecule has 0 bridgehead atoms. The van der Waals surface area contributed by atoms with Crippen LogP contribution in [0, 0.1) is 6.92 Å². The summed E-state index contributed by atoms with van der Waals surface area (Å²) >= 11 is 0.992. The minimum absolute atomic E-state index is 0.0874. The van der Waals surface area contributed by atoms with Crippen LogP contribution in [0.3, 0.4) is 0 Å². The van der Waals surface area contributed by atoms with Crippen LogP contribution < -0.4 is 16.4 Å². The summed E-state index contributed by atoms with van der Waals surface area (Å²) in [5.41, 5.74) is 8.53. The van der Waals surface area contributed by atoms with Crippen LogP contribution >= 0.6 is 11.3 Å². The van der Waals surface area contributed by atoms with Gasteiger partial charge in [-0.15, -0.1) is 11.3 Å². The highest BCUT2D eigenvalue weighted by Gasteiger charge is 2.26. The molecule has 0 aliphatic heterocycles. The Kier molecular flexibility index (Phi) is 6.66. The highest BCUT2D eigenvalue weighted by atomic mass is 32.1. The minimum Gasteiger partial charge on any atom is -0.462 e. The van der Waals surface area contributed by atoms with Gasteiger partial charge in [0.25, 0.3) is 5.91 Å². The lowest BCUT2D eigenvalue weighted by atomic mass is 9.88. The molecule has 1 heterocycles. The van der Waals surface area contributed by atoms with Gasteiger partial charge in [-0.05, 0) is 49.8 Å². The number of benzene rings is 1. The van der Waals surface area contributed by atoms with Crippen molar-refractivity contribution in [2.75, 3.05) is 18.5 Å². The average molecular weight is 416 g/mol. The Morgan fingerprint density at radius 3 is 2.76 bits per heavy atom. The fraction of sp³-hybridized carbons (Fsp3) is 0.381. The largest absolute Gasteiger partial charge is 0.462 e. The minimum atomic E-state index is -0.643. The van der Waals surface area contributed by atoms with Crippen molar-refractivity contribution < 1.29 is 19.1 Å². The molecule has 2 amide bonds. The molecule has 0 saturated heterocycles. The summed E-state index contributed by atoms with van der Waals surface area (Å²) in [7, 11) is 0. The number of esters is 1. The van der Waals surface area contributed by atoms with E-state index < -0.39 is 11.9 Å². The molecule has 0 saturated carbocycles. The van der Waals surface area contributed by atoms with Crippen LogP contribution in [0.2, 0.25) is 0 Å². The van der Waals surface area contributed by atoms with Gasteiger partial charge in [0, 0.05) is 6.04 Å².